The van der Waals surface area contributed by atoms with Gasteiger partial charge in [0.25, 0.3) is 0 Å². The molecule has 7 heteroatoms. The Morgan fingerprint density at radius 1 is 1.38 bits per heavy atom. The SMILES string of the molecule is N=C(N)NCc1ccc(F)c(C(F)(F)F)c1. The lowest BCUT2D eigenvalue weighted by molar-refractivity contribution is -0.140. The monoisotopic (exact) mass is 235 g/mol. The number of hydrogen-bond donors (Lipinski definition) is 3. The zero-order valence-corrected chi connectivity index (χ0v) is 8.03. The van der Waals surface area contributed by atoms with Crippen LogP contribution in [0.1, 0.15) is 11.1 Å². The van der Waals surface area contributed by atoms with Gasteiger partial charge in [-0.05, 0) is 17.7 Å². The van der Waals surface area contributed by atoms with E-state index in [9.17, 15) is 17.6 Å². The molecule has 0 amide bonds. The summed E-state index contributed by atoms with van der Waals surface area (Å²) < 4.78 is 49.8. The number of alkyl halides is 3. The summed E-state index contributed by atoms with van der Waals surface area (Å²) in [6.45, 7) is -0.0569. The first-order chi connectivity index (χ1) is 7.30. The number of hydrogen-bond acceptors (Lipinski definition) is 1. The van der Waals surface area contributed by atoms with E-state index in [4.69, 9.17) is 11.1 Å². The van der Waals surface area contributed by atoms with Crippen molar-refractivity contribution in [2.45, 2.75) is 12.7 Å². The Kier molecular flexibility index (Phi) is 3.36. The number of guanidine groups is 1. The maximum absolute atomic E-state index is 12.9. The highest BCUT2D eigenvalue weighted by Gasteiger charge is 2.34. The molecule has 4 N–H and O–H groups in total. The van der Waals surface area contributed by atoms with E-state index in [2.05, 4.69) is 5.32 Å². The fraction of sp³-hybridized carbons (Fsp3) is 0.222. The number of nitrogens with one attached hydrogen (secondary N) is 2. The molecule has 3 nitrogen and oxygen atoms in total. The first-order valence-electron chi connectivity index (χ1n) is 4.24. The van der Waals surface area contributed by atoms with E-state index in [1.807, 2.05) is 0 Å². The fourth-order valence-corrected chi connectivity index (χ4v) is 1.10. The predicted molar refractivity (Wildman–Crippen MR) is 50.2 cm³/mol. The normalized spacial score (nSPS) is 11.2. The number of nitrogens with two attached hydrogens (primary N) is 1. The van der Waals surface area contributed by atoms with Crippen LogP contribution < -0.4 is 11.1 Å². The minimum absolute atomic E-state index is 0.0569. The third-order valence-corrected chi connectivity index (χ3v) is 1.82. The molecule has 16 heavy (non-hydrogen) atoms. The summed E-state index contributed by atoms with van der Waals surface area (Å²) in [5.41, 5.74) is 3.84. The van der Waals surface area contributed by atoms with Crippen LogP contribution in [0.2, 0.25) is 0 Å². The van der Waals surface area contributed by atoms with Gasteiger partial charge in [0.05, 0.1) is 5.56 Å². The molecule has 88 valence electrons. The van der Waals surface area contributed by atoms with Crippen molar-refractivity contribution in [2.24, 2.45) is 5.73 Å². The average molecular weight is 235 g/mol. The maximum atomic E-state index is 12.9. The second-order valence-corrected chi connectivity index (χ2v) is 3.08. The fourth-order valence-electron chi connectivity index (χ4n) is 1.10. The maximum Gasteiger partial charge on any atom is 0.419 e. The number of rotatable bonds is 2. The van der Waals surface area contributed by atoms with Gasteiger partial charge in [0.15, 0.2) is 5.96 Å². The molecule has 0 aliphatic heterocycles. The topological polar surface area (TPSA) is 61.9 Å². The minimum Gasteiger partial charge on any atom is -0.370 e. The number of halogens is 4. The molecule has 0 bridgehead atoms. The van der Waals surface area contributed by atoms with E-state index >= 15 is 0 Å². The molecule has 0 saturated heterocycles. The van der Waals surface area contributed by atoms with Crippen LogP contribution in [0.4, 0.5) is 17.6 Å². The van der Waals surface area contributed by atoms with Gasteiger partial charge in [-0.2, -0.15) is 13.2 Å². The summed E-state index contributed by atoms with van der Waals surface area (Å²) in [6.07, 6.45) is -4.73. The molecule has 0 aliphatic rings. The summed E-state index contributed by atoms with van der Waals surface area (Å²) in [4.78, 5) is 0. The molecule has 0 unspecified atom stereocenters. The standard InChI is InChI=1S/C9H9F4N3/c10-7-2-1-5(4-16-8(14)15)3-6(7)9(11,12)13/h1-3H,4H2,(H4,14,15,16). The van der Waals surface area contributed by atoms with Gasteiger partial charge in [-0.1, -0.05) is 6.07 Å². The Morgan fingerprint density at radius 2 is 2.00 bits per heavy atom. The van der Waals surface area contributed by atoms with Gasteiger partial charge in [0.1, 0.15) is 5.82 Å². The minimum atomic E-state index is -4.73. The quantitative estimate of drug-likeness (QED) is 0.416. The van der Waals surface area contributed by atoms with Crippen LogP contribution in [0.25, 0.3) is 0 Å². The van der Waals surface area contributed by atoms with Gasteiger partial charge >= 0.3 is 6.18 Å². The second kappa shape index (κ2) is 4.38. The predicted octanol–water partition coefficient (Wildman–Crippen LogP) is 1.83. The van der Waals surface area contributed by atoms with Crippen molar-refractivity contribution in [3.05, 3.63) is 35.1 Å². The molecule has 0 atom stereocenters. The molecular formula is C9H9F4N3. The van der Waals surface area contributed by atoms with Gasteiger partial charge in [0, 0.05) is 6.54 Å². The Hall–Kier alpha value is -1.79. The highest BCUT2D eigenvalue weighted by Crippen LogP contribution is 2.31. The van der Waals surface area contributed by atoms with Crippen molar-refractivity contribution in [1.82, 2.24) is 5.32 Å². The summed E-state index contributed by atoms with van der Waals surface area (Å²) in [5.74, 6) is -1.68. The summed E-state index contributed by atoms with van der Waals surface area (Å²) in [7, 11) is 0. The van der Waals surface area contributed by atoms with Crippen LogP contribution in [0.15, 0.2) is 18.2 Å². The summed E-state index contributed by atoms with van der Waals surface area (Å²) >= 11 is 0. The van der Waals surface area contributed by atoms with Gasteiger partial charge in [-0.15, -0.1) is 0 Å². The third kappa shape index (κ3) is 3.11. The van der Waals surface area contributed by atoms with Gasteiger partial charge < -0.3 is 11.1 Å². The molecule has 1 aromatic carbocycles. The highest BCUT2D eigenvalue weighted by atomic mass is 19.4. The lowest BCUT2D eigenvalue weighted by Crippen LogP contribution is -2.29. The van der Waals surface area contributed by atoms with Crippen molar-refractivity contribution in [3.63, 3.8) is 0 Å². The molecule has 0 fully saturated rings. The van der Waals surface area contributed by atoms with Gasteiger partial charge in [0.2, 0.25) is 0 Å². The molecule has 0 heterocycles. The Morgan fingerprint density at radius 3 is 2.50 bits per heavy atom. The Labute approximate surface area is 88.8 Å². The van der Waals surface area contributed by atoms with E-state index in [1.165, 1.54) is 6.07 Å². The number of benzene rings is 1. The Balaban J connectivity index is 2.94. The van der Waals surface area contributed by atoms with Crippen molar-refractivity contribution >= 4 is 5.96 Å². The summed E-state index contributed by atoms with van der Waals surface area (Å²) in [5, 5.41) is 9.16. The molecular weight excluding hydrogens is 226 g/mol. The smallest absolute Gasteiger partial charge is 0.370 e. The molecule has 0 saturated carbocycles. The van der Waals surface area contributed by atoms with Crippen molar-refractivity contribution in [2.75, 3.05) is 0 Å². The van der Waals surface area contributed by atoms with E-state index in [-0.39, 0.29) is 18.1 Å². The largest absolute Gasteiger partial charge is 0.419 e. The Bertz CT molecular complexity index is 400. The third-order valence-electron chi connectivity index (χ3n) is 1.82. The molecule has 0 aliphatic carbocycles. The van der Waals surface area contributed by atoms with Crippen LogP contribution in [-0.4, -0.2) is 5.96 Å². The molecule has 0 aromatic heterocycles. The van der Waals surface area contributed by atoms with Crippen molar-refractivity contribution in [1.29, 1.82) is 5.41 Å². The van der Waals surface area contributed by atoms with E-state index in [1.54, 1.807) is 0 Å². The lowest BCUT2D eigenvalue weighted by Gasteiger charge is -2.10. The van der Waals surface area contributed by atoms with Crippen molar-refractivity contribution in [3.8, 4) is 0 Å². The summed E-state index contributed by atoms with van der Waals surface area (Å²) in [6, 6.07) is 2.62. The van der Waals surface area contributed by atoms with Crippen LogP contribution in [-0.2, 0) is 12.7 Å². The highest BCUT2D eigenvalue weighted by molar-refractivity contribution is 5.74. The van der Waals surface area contributed by atoms with Gasteiger partial charge in [-0.25, -0.2) is 4.39 Å². The second-order valence-electron chi connectivity index (χ2n) is 3.08. The van der Waals surface area contributed by atoms with E-state index in [0.717, 1.165) is 6.07 Å². The van der Waals surface area contributed by atoms with Crippen LogP contribution in [0.5, 0.6) is 0 Å². The first-order valence-corrected chi connectivity index (χ1v) is 4.24. The van der Waals surface area contributed by atoms with Crippen LogP contribution >= 0.6 is 0 Å². The lowest BCUT2D eigenvalue weighted by atomic mass is 10.1. The first kappa shape index (κ1) is 12.3. The zero-order valence-electron chi connectivity index (χ0n) is 8.03. The van der Waals surface area contributed by atoms with E-state index in [0.29, 0.717) is 6.07 Å². The van der Waals surface area contributed by atoms with Crippen LogP contribution in [0.3, 0.4) is 0 Å². The average Bonchev–Trinajstić information content (AvgIpc) is 2.14. The molecule has 0 radical (unpaired) electrons. The van der Waals surface area contributed by atoms with Gasteiger partial charge in [-0.3, -0.25) is 5.41 Å². The van der Waals surface area contributed by atoms with E-state index < -0.39 is 17.6 Å². The van der Waals surface area contributed by atoms with Crippen LogP contribution in [0, 0.1) is 11.2 Å². The zero-order chi connectivity index (χ0) is 12.3. The molecule has 1 rings (SSSR count). The van der Waals surface area contributed by atoms with Crippen molar-refractivity contribution < 1.29 is 17.6 Å². The molecule has 1 aromatic rings. The molecule has 0 spiro atoms.